The fourth-order valence-corrected chi connectivity index (χ4v) is 2.96. The maximum Gasteiger partial charge on any atom is 0.242 e. The van der Waals surface area contributed by atoms with Crippen LogP contribution < -0.4 is 5.32 Å². The number of nitrogens with zero attached hydrogens (tertiary/aromatic N) is 1. The van der Waals surface area contributed by atoms with E-state index in [4.69, 9.17) is 11.6 Å². The molecule has 0 radical (unpaired) electrons. The van der Waals surface area contributed by atoms with E-state index in [2.05, 4.69) is 21.2 Å². The van der Waals surface area contributed by atoms with Gasteiger partial charge in [0.05, 0.1) is 17.3 Å². The molecule has 0 spiro atoms. The average Bonchev–Trinajstić information content (AvgIpc) is 3.13. The molecule has 0 saturated heterocycles. The highest BCUT2D eigenvalue weighted by molar-refractivity contribution is 9.10. The molecule has 0 unspecified atom stereocenters. The van der Waals surface area contributed by atoms with Gasteiger partial charge in [-0.1, -0.05) is 11.6 Å². The monoisotopic (exact) mass is 348 g/mol. The minimum Gasteiger partial charge on any atom is -0.374 e. The van der Waals surface area contributed by atoms with Crippen molar-refractivity contribution in [1.82, 2.24) is 4.90 Å². The Morgan fingerprint density at radius 1 is 1.58 bits per heavy atom. The van der Waals surface area contributed by atoms with Crippen molar-refractivity contribution in [1.29, 1.82) is 0 Å². The molecule has 1 amide bonds. The van der Waals surface area contributed by atoms with Crippen LogP contribution in [0.3, 0.4) is 0 Å². The first-order chi connectivity index (χ1) is 9.02. The second-order valence-electron chi connectivity index (χ2n) is 4.51. The van der Waals surface area contributed by atoms with Crippen molar-refractivity contribution < 1.29 is 9.18 Å². The highest BCUT2D eigenvalue weighted by Crippen LogP contribution is 2.32. The van der Waals surface area contributed by atoms with E-state index in [0.29, 0.717) is 22.7 Å². The lowest BCUT2D eigenvalue weighted by molar-refractivity contribution is -0.129. The number of hydrogen-bond donors (Lipinski definition) is 1. The molecular formula is C13H15BrClFN2O. The van der Waals surface area contributed by atoms with Crippen molar-refractivity contribution >= 4 is 39.1 Å². The van der Waals surface area contributed by atoms with Gasteiger partial charge in [-0.05, 0) is 47.8 Å². The number of anilines is 1. The van der Waals surface area contributed by atoms with Gasteiger partial charge in [0.2, 0.25) is 5.91 Å². The van der Waals surface area contributed by atoms with Crippen LogP contribution >= 0.6 is 27.5 Å². The van der Waals surface area contributed by atoms with E-state index in [-0.39, 0.29) is 17.5 Å². The van der Waals surface area contributed by atoms with E-state index < -0.39 is 5.82 Å². The summed E-state index contributed by atoms with van der Waals surface area (Å²) in [6.45, 7) is 2.84. The number of benzene rings is 1. The van der Waals surface area contributed by atoms with Crippen molar-refractivity contribution in [2.45, 2.75) is 25.8 Å². The van der Waals surface area contributed by atoms with Gasteiger partial charge in [-0.3, -0.25) is 4.79 Å². The molecule has 6 heteroatoms. The lowest BCUT2D eigenvalue weighted by Gasteiger charge is -2.21. The summed E-state index contributed by atoms with van der Waals surface area (Å²) in [6, 6.07) is 2.93. The zero-order valence-electron chi connectivity index (χ0n) is 10.5. The number of amides is 1. The molecule has 0 heterocycles. The normalized spacial score (nSPS) is 14.3. The Balaban J connectivity index is 2.00. The molecule has 104 valence electrons. The van der Waals surface area contributed by atoms with Gasteiger partial charge in [0.1, 0.15) is 5.82 Å². The first kappa shape index (κ1) is 14.6. The molecule has 19 heavy (non-hydrogen) atoms. The zero-order valence-corrected chi connectivity index (χ0v) is 12.9. The third kappa shape index (κ3) is 3.60. The molecule has 1 saturated carbocycles. The Bertz CT molecular complexity index is 471. The minimum atomic E-state index is -0.415. The van der Waals surface area contributed by atoms with Gasteiger partial charge in [0.25, 0.3) is 0 Å². The van der Waals surface area contributed by atoms with Crippen LogP contribution in [0.25, 0.3) is 0 Å². The van der Waals surface area contributed by atoms with Crippen molar-refractivity contribution in [2.24, 2.45) is 0 Å². The molecule has 0 aromatic heterocycles. The van der Waals surface area contributed by atoms with Crippen molar-refractivity contribution in [3.05, 3.63) is 27.4 Å². The number of nitrogens with one attached hydrogen (secondary N) is 1. The third-order valence-corrected chi connectivity index (χ3v) is 4.00. The van der Waals surface area contributed by atoms with Crippen molar-refractivity contribution in [3.8, 4) is 0 Å². The number of carbonyl (C=O) groups excluding carboxylic acids is 1. The molecule has 1 aliphatic carbocycles. The van der Waals surface area contributed by atoms with Gasteiger partial charge in [0, 0.05) is 17.1 Å². The van der Waals surface area contributed by atoms with Gasteiger partial charge in [-0.25, -0.2) is 4.39 Å². The highest BCUT2D eigenvalue weighted by Gasteiger charge is 2.31. The van der Waals surface area contributed by atoms with E-state index in [1.54, 1.807) is 0 Å². The fourth-order valence-electron chi connectivity index (χ4n) is 2.00. The number of halogens is 3. The second kappa shape index (κ2) is 6.09. The predicted molar refractivity (Wildman–Crippen MR) is 78.0 cm³/mol. The Morgan fingerprint density at radius 2 is 2.26 bits per heavy atom. The molecule has 1 aromatic carbocycles. The summed E-state index contributed by atoms with van der Waals surface area (Å²) < 4.78 is 13.6. The fraction of sp³-hybridized carbons (Fsp3) is 0.462. The number of hydrogen-bond acceptors (Lipinski definition) is 2. The minimum absolute atomic E-state index is 0.0392. The molecule has 1 N–H and O–H groups in total. The van der Waals surface area contributed by atoms with Crippen LogP contribution in [0.5, 0.6) is 0 Å². The van der Waals surface area contributed by atoms with E-state index in [1.807, 2.05) is 11.8 Å². The van der Waals surface area contributed by atoms with E-state index in [0.717, 1.165) is 12.8 Å². The third-order valence-electron chi connectivity index (χ3n) is 3.07. The lowest BCUT2D eigenvalue weighted by Crippen LogP contribution is -2.37. The first-order valence-corrected chi connectivity index (χ1v) is 7.38. The largest absolute Gasteiger partial charge is 0.374 e. The SMILES string of the molecule is CCN(C(=O)CNc1c(Cl)cc(F)cc1Br)C1CC1. The van der Waals surface area contributed by atoms with Crippen LogP contribution in [-0.2, 0) is 4.79 Å². The van der Waals surface area contributed by atoms with Gasteiger partial charge >= 0.3 is 0 Å². The summed E-state index contributed by atoms with van der Waals surface area (Å²) in [6.07, 6.45) is 2.17. The molecule has 2 rings (SSSR count). The van der Waals surface area contributed by atoms with Gasteiger partial charge in [-0.2, -0.15) is 0 Å². The van der Waals surface area contributed by atoms with Crippen molar-refractivity contribution in [2.75, 3.05) is 18.4 Å². The maximum atomic E-state index is 13.1. The van der Waals surface area contributed by atoms with Gasteiger partial charge in [0.15, 0.2) is 0 Å². The van der Waals surface area contributed by atoms with E-state index in [9.17, 15) is 9.18 Å². The molecule has 1 fully saturated rings. The lowest BCUT2D eigenvalue weighted by atomic mass is 10.3. The molecule has 3 nitrogen and oxygen atoms in total. The van der Waals surface area contributed by atoms with Crippen LogP contribution in [0.15, 0.2) is 16.6 Å². The quantitative estimate of drug-likeness (QED) is 0.880. The van der Waals surface area contributed by atoms with Crippen LogP contribution in [0.1, 0.15) is 19.8 Å². The van der Waals surface area contributed by atoms with Crippen LogP contribution in [0.2, 0.25) is 5.02 Å². The molecule has 1 aromatic rings. The summed E-state index contributed by atoms with van der Waals surface area (Å²) >= 11 is 9.18. The molecule has 0 aliphatic heterocycles. The average molecular weight is 350 g/mol. The summed E-state index contributed by atoms with van der Waals surface area (Å²) in [4.78, 5) is 13.9. The van der Waals surface area contributed by atoms with Crippen LogP contribution in [0, 0.1) is 5.82 Å². The summed E-state index contributed by atoms with van der Waals surface area (Å²) in [7, 11) is 0. The number of likely N-dealkylation sites (N-methyl/N-ethyl adjacent to an activating group) is 1. The van der Waals surface area contributed by atoms with Gasteiger partial charge < -0.3 is 10.2 Å². The maximum absolute atomic E-state index is 13.1. The van der Waals surface area contributed by atoms with E-state index >= 15 is 0 Å². The Labute approximate surface area is 125 Å². The summed E-state index contributed by atoms with van der Waals surface area (Å²) in [5, 5.41) is 3.23. The standard InChI is InChI=1S/C13H15BrClFN2O/c1-2-18(9-3-4-9)12(19)7-17-13-10(14)5-8(16)6-11(13)15/h5-6,9,17H,2-4,7H2,1H3. The Kier molecular flexibility index (Phi) is 4.68. The molecule has 1 aliphatic rings. The van der Waals surface area contributed by atoms with Gasteiger partial charge in [-0.15, -0.1) is 0 Å². The Hall–Kier alpha value is -0.810. The first-order valence-electron chi connectivity index (χ1n) is 6.20. The summed E-state index contributed by atoms with van der Waals surface area (Å²) in [5.41, 5.74) is 0.545. The molecule has 0 atom stereocenters. The van der Waals surface area contributed by atoms with E-state index in [1.165, 1.54) is 12.1 Å². The zero-order chi connectivity index (χ0) is 14.0. The predicted octanol–water partition coefficient (Wildman–Crippen LogP) is 3.66. The Morgan fingerprint density at radius 3 is 2.79 bits per heavy atom. The summed E-state index contributed by atoms with van der Waals surface area (Å²) in [5.74, 6) is -0.376. The molecular weight excluding hydrogens is 335 g/mol. The molecule has 0 bridgehead atoms. The second-order valence-corrected chi connectivity index (χ2v) is 5.77. The highest BCUT2D eigenvalue weighted by atomic mass is 79.9. The topological polar surface area (TPSA) is 32.3 Å². The number of carbonyl (C=O) groups is 1. The number of rotatable bonds is 5. The van der Waals surface area contributed by atoms with Crippen LogP contribution in [-0.4, -0.2) is 29.9 Å². The van der Waals surface area contributed by atoms with Crippen LogP contribution in [0.4, 0.5) is 10.1 Å². The van der Waals surface area contributed by atoms with Crippen molar-refractivity contribution in [3.63, 3.8) is 0 Å². The smallest absolute Gasteiger partial charge is 0.242 e.